The van der Waals surface area contributed by atoms with E-state index in [0.29, 0.717) is 43.7 Å². The van der Waals surface area contributed by atoms with Gasteiger partial charge in [-0.25, -0.2) is 4.79 Å². The van der Waals surface area contributed by atoms with Gasteiger partial charge in [-0.05, 0) is 73.6 Å². The second-order valence-corrected chi connectivity index (χ2v) is 19.8. The van der Waals surface area contributed by atoms with Crippen LogP contribution in [0.4, 0.5) is 0 Å². The lowest BCUT2D eigenvalue weighted by Crippen LogP contribution is -2.58. The summed E-state index contributed by atoms with van der Waals surface area (Å²) >= 11 is 0. The predicted octanol–water partition coefficient (Wildman–Crippen LogP) is 7.44. The van der Waals surface area contributed by atoms with Gasteiger partial charge in [-0.3, -0.25) is 19.2 Å². The molecule has 4 atom stereocenters. The lowest BCUT2D eigenvalue weighted by Gasteiger charge is -2.29. The number of aliphatic carboxylic acids is 1. The van der Waals surface area contributed by atoms with Crippen LogP contribution in [0.1, 0.15) is 159 Å². The summed E-state index contributed by atoms with van der Waals surface area (Å²) < 4.78 is 0. The maximum absolute atomic E-state index is 14.4. The van der Waals surface area contributed by atoms with Gasteiger partial charge in [0.1, 0.15) is 23.9 Å². The van der Waals surface area contributed by atoms with Gasteiger partial charge in [0.05, 0.1) is 12.7 Å². The number of carbonyl (C=O) groups is 5. The first-order valence-corrected chi connectivity index (χ1v) is 26.1. The van der Waals surface area contributed by atoms with Crippen LogP contribution < -0.4 is 27.0 Å². The van der Waals surface area contributed by atoms with E-state index < -0.39 is 47.9 Å². The molecule has 0 aromatic heterocycles. The zero-order valence-corrected chi connectivity index (χ0v) is 40.9. The van der Waals surface area contributed by atoms with Crippen molar-refractivity contribution in [2.45, 2.75) is 185 Å². The van der Waals surface area contributed by atoms with E-state index in [1.807, 2.05) is 30.3 Å². The molecule has 4 amide bonds. The SMILES string of the molecule is CCCCCCCC(=O)NCCCCC(NC(=O)C(N)CC1=CN(CCC2CCCCC2)CN1CCC1CCCCC1)C(=O)NC(Cc1ccccc1)C(=O)NC(Cc1ccc(O)cc1)C(=O)O. The Morgan fingerprint density at radius 2 is 1.25 bits per heavy atom. The molecule has 4 unspecified atom stereocenters. The number of nitrogens with one attached hydrogen (secondary N) is 4. The minimum atomic E-state index is -1.32. The Labute approximate surface area is 406 Å². The van der Waals surface area contributed by atoms with Gasteiger partial charge >= 0.3 is 5.97 Å². The van der Waals surface area contributed by atoms with Gasteiger partial charge in [0.15, 0.2) is 0 Å². The number of nitrogens with zero attached hydrogens (tertiary/aromatic N) is 2. The van der Waals surface area contributed by atoms with Crippen LogP contribution in [0.3, 0.4) is 0 Å². The predicted molar refractivity (Wildman–Crippen MR) is 267 cm³/mol. The maximum atomic E-state index is 14.4. The Kier molecular flexibility index (Phi) is 23.5. The van der Waals surface area contributed by atoms with Crippen LogP contribution in [-0.4, -0.2) is 100 Å². The average molecular weight is 942 g/mol. The fourth-order valence-electron chi connectivity index (χ4n) is 10.0. The standard InChI is InChI=1S/C54H83N7O7/c1-2-3-4-5-15-25-50(63)56-32-17-16-24-47(52(65)58-48(35-42-22-13-8-14-23-42)53(66)59-49(54(67)68)36-43-26-28-45(62)29-27-43)57-51(64)46(55)37-44-38-60(33-30-40-18-9-6-10-19-40)39-61(44)34-31-41-20-11-7-12-21-41/h8,13-14,22-23,26-29,38,40-41,46-49,62H,2-7,9-12,15-21,24-25,30-37,39,55H2,1H3,(H,56,63)(H,57,64)(H,58,65)(H,59,66)(H,67,68). The van der Waals surface area contributed by atoms with Crippen LogP contribution in [-0.2, 0) is 36.8 Å². The molecule has 376 valence electrons. The first-order valence-electron chi connectivity index (χ1n) is 26.1. The van der Waals surface area contributed by atoms with Gasteiger partial charge in [0.25, 0.3) is 0 Å². The summed E-state index contributed by atoms with van der Waals surface area (Å²) in [7, 11) is 0. The van der Waals surface area contributed by atoms with Gasteiger partial charge in [0, 0.05) is 57.2 Å². The monoisotopic (exact) mass is 942 g/mol. The first kappa shape index (κ1) is 53.8. The van der Waals surface area contributed by atoms with Crippen LogP contribution in [0.2, 0.25) is 0 Å². The molecule has 1 aliphatic heterocycles. The number of carboxylic acid groups (broad SMARTS) is 1. The quantitative estimate of drug-likeness (QED) is 0.0386. The number of carboxylic acids is 1. The Bertz CT molecular complexity index is 1870. The number of benzene rings is 2. The summed E-state index contributed by atoms with van der Waals surface area (Å²) in [6, 6.07) is 10.7. The third kappa shape index (κ3) is 19.5. The third-order valence-corrected chi connectivity index (χ3v) is 14.2. The number of phenols is 1. The van der Waals surface area contributed by atoms with E-state index in [1.165, 1.54) is 76.3 Å². The van der Waals surface area contributed by atoms with Crippen LogP contribution in [0, 0.1) is 11.8 Å². The second-order valence-electron chi connectivity index (χ2n) is 19.8. The molecule has 8 N–H and O–H groups in total. The number of nitrogens with two attached hydrogens (primary N) is 1. The van der Waals surface area contributed by atoms with Gasteiger partial charge in [-0.2, -0.15) is 0 Å². The van der Waals surface area contributed by atoms with Crippen molar-refractivity contribution in [1.29, 1.82) is 0 Å². The van der Waals surface area contributed by atoms with E-state index in [4.69, 9.17) is 5.73 Å². The highest BCUT2D eigenvalue weighted by Crippen LogP contribution is 2.30. The number of amides is 4. The molecule has 2 aliphatic carbocycles. The molecule has 0 radical (unpaired) electrons. The van der Waals surface area contributed by atoms with Gasteiger partial charge < -0.3 is 47.0 Å². The van der Waals surface area contributed by atoms with E-state index in [1.54, 1.807) is 12.1 Å². The summed E-state index contributed by atoms with van der Waals surface area (Å²) in [5.74, 6) is -1.51. The molecule has 3 aliphatic rings. The Morgan fingerprint density at radius 3 is 1.91 bits per heavy atom. The van der Waals surface area contributed by atoms with Crippen LogP contribution in [0.5, 0.6) is 5.75 Å². The van der Waals surface area contributed by atoms with Crippen molar-refractivity contribution in [2.75, 3.05) is 26.3 Å². The maximum Gasteiger partial charge on any atom is 0.326 e. The number of unbranched alkanes of at least 4 members (excludes halogenated alkanes) is 5. The van der Waals surface area contributed by atoms with Crippen molar-refractivity contribution >= 4 is 29.6 Å². The molecule has 2 saturated carbocycles. The number of carbonyl (C=O) groups excluding carboxylic acids is 4. The van der Waals surface area contributed by atoms with E-state index in [9.17, 15) is 34.2 Å². The summed E-state index contributed by atoms with van der Waals surface area (Å²) in [6.45, 7) is 5.25. The minimum Gasteiger partial charge on any atom is -0.508 e. The fraction of sp³-hybridized carbons (Fsp3) is 0.648. The average Bonchev–Trinajstić information content (AvgIpc) is 3.73. The van der Waals surface area contributed by atoms with Crippen molar-refractivity contribution < 1.29 is 34.2 Å². The van der Waals surface area contributed by atoms with E-state index >= 15 is 0 Å². The Morgan fingerprint density at radius 1 is 0.662 bits per heavy atom. The molecular weight excluding hydrogens is 859 g/mol. The van der Waals surface area contributed by atoms with Gasteiger partial charge in [-0.15, -0.1) is 0 Å². The van der Waals surface area contributed by atoms with E-state index in [-0.39, 0.29) is 30.9 Å². The zero-order valence-electron chi connectivity index (χ0n) is 40.9. The molecule has 14 nitrogen and oxygen atoms in total. The minimum absolute atomic E-state index is 0.00327. The molecular formula is C54H83N7O7. The van der Waals surface area contributed by atoms with Crippen molar-refractivity contribution in [1.82, 2.24) is 31.1 Å². The number of hydrogen-bond acceptors (Lipinski definition) is 9. The van der Waals surface area contributed by atoms with Gasteiger partial charge in [0.2, 0.25) is 23.6 Å². The fourth-order valence-corrected chi connectivity index (χ4v) is 10.0. The van der Waals surface area contributed by atoms with E-state index in [2.05, 4.69) is 44.2 Å². The molecule has 0 saturated heterocycles. The second kappa shape index (κ2) is 29.7. The molecule has 2 aromatic rings. The highest BCUT2D eigenvalue weighted by molar-refractivity contribution is 5.94. The normalized spacial score (nSPS) is 17.4. The van der Waals surface area contributed by atoms with Crippen molar-refractivity contribution in [3.63, 3.8) is 0 Å². The van der Waals surface area contributed by atoms with Crippen LogP contribution in [0.25, 0.3) is 0 Å². The largest absolute Gasteiger partial charge is 0.508 e. The summed E-state index contributed by atoms with van der Waals surface area (Å²) in [4.78, 5) is 72.3. The molecule has 2 fully saturated rings. The van der Waals surface area contributed by atoms with Crippen molar-refractivity contribution in [2.24, 2.45) is 17.6 Å². The Balaban J connectivity index is 1.27. The molecule has 2 aromatic carbocycles. The van der Waals surface area contributed by atoms with Crippen LogP contribution in [0.15, 0.2) is 66.5 Å². The smallest absolute Gasteiger partial charge is 0.326 e. The van der Waals surface area contributed by atoms with Crippen molar-refractivity contribution in [3.8, 4) is 5.75 Å². The molecule has 0 bridgehead atoms. The lowest BCUT2D eigenvalue weighted by molar-refractivity contribution is -0.142. The summed E-state index contributed by atoms with van der Waals surface area (Å²) in [6.07, 6.45) is 24.8. The number of phenolic OH excluding ortho intramolecular Hbond substituents is 1. The zero-order chi connectivity index (χ0) is 48.5. The molecule has 0 spiro atoms. The topological polar surface area (TPSA) is 206 Å². The number of aromatic hydroxyl groups is 1. The Hall–Kier alpha value is -5.11. The summed E-state index contributed by atoms with van der Waals surface area (Å²) in [5.41, 5.74) is 9.13. The molecule has 14 heteroatoms. The third-order valence-electron chi connectivity index (χ3n) is 14.2. The number of rotatable bonds is 30. The highest BCUT2D eigenvalue weighted by atomic mass is 16.4. The first-order chi connectivity index (χ1) is 33.0. The van der Waals surface area contributed by atoms with Crippen LogP contribution >= 0.6 is 0 Å². The molecule has 5 rings (SSSR count). The lowest BCUT2D eigenvalue weighted by atomic mass is 9.87. The van der Waals surface area contributed by atoms with Crippen molar-refractivity contribution in [3.05, 3.63) is 77.6 Å². The number of hydrogen-bond donors (Lipinski definition) is 7. The van der Waals surface area contributed by atoms with E-state index in [0.717, 1.165) is 81.9 Å². The van der Waals surface area contributed by atoms with Gasteiger partial charge in [-0.1, -0.05) is 139 Å². The molecule has 1 heterocycles. The summed E-state index contributed by atoms with van der Waals surface area (Å²) in [5, 5.41) is 31.3. The highest BCUT2D eigenvalue weighted by Gasteiger charge is 2.32. The molecule has 68 heavy (non-hydrogen) atoms.